The number of carbonyl (C=O) groups excluding carboxylic acids is 1. The van der Waals surface area contributed by atoms with Gasteiger partial charge < -0.3 is 10.6 Å². The average Bonchev–Trinajstić information content (AvgIpc) is 3.07. The van der Waals surface area contributed by atoms with Crippen LogP contribution in [0.4, 0.5) is 0 Å². The van der Waals surface area contributed by atoms with E-state index >= 15 is 0 Å². The van der Waals surface area contributed by atoms with Gasteiger partial charge in [-0.3, -0.25) is 4.79 Å². The highest BCUT2D eigenvalue weighted by Crippen LogP contribution is 2.29. The summed E-state index contributed by atoms with van der Waals surface area (Å²) in [6.07, 6.45) is 3.51. The van der Waals surface area contributed by atoms with Gasteiger partial charge in [0.15, 0.2) is 0 Å². The number of amides is 1. The van der Waals surface area contributed by atoms with Gasteiger partial charge in [-0.15, -0.1) is 0 Å². The maximum atomic E-state index is 12.7. The van der Waals surface area contributed by atoms with Gasteiger partial charge in [-0.2, -0.15) is 4.31 Å². The fourth-order valence-corrected chi connectivity index (χ4v) is 6.07. The van der Waals surface area contributed by atoms with Crippen molar-refractivity contribution in [1.82, 2.24) is 14.9 Å². The van der Waals surface area contributed by atoms with Crippen LogP contribution in [0.25, 0.3) is 0 Å². The number of hydrogen-bond acceptors (Lipinski definition) is 4. The summed E-state index contributed by atoms with van der Waals surface area (Å²) in [4.78, 5) is 12.9. The van der Waals surface area contributed by atoms with Crippen molar-refractivity contribution in [2.24, 2.45) is 0 Å². The van der Waals surface area contributed by atoms with Crippen LogP contribution in [0.1, 0.15) is 63.7 Å². The molecule has 150 valence electrons. The molecule has 0 aromatic heterocycles. The molecule has 0 saturated carbocycles. The summed E-state index contributed by atoms with van der Waals surface area (Å²) in [6.45, 7) is 9.73. The van der Waals surface area contributed by atoms with Gasteiger partial charge in [0.05, 0.1) is 4.90 Å². The van der Waals surface area contributed by atoms with Gasteiger partial charge in [-0.05, 0) is 77.6 Å². The zero-order chi connectivity index (χ0) is 19.9. The Balaban J connectivity index is 1.69. The third-order valence-electron chi connectivity index (χ3n) is 5.34. The molecule has 1 aromatic rings. The molecular formula is C20H31N3O3S. The second-order valence-electron chi connectivity index (χ2n) is 9.11. The van der Waals surface area contributed by atoms with Crippen molar-refractivity contribution >= 4 is 15.9 Å². The molecule has 27 heavy (non-hydrogen) atoms. The molecule has 2 heterocycles. The molecule has 7 heteroatoms. The normalized spacial score (nSPS) is 23.3. The van der Waals surface area contributed by atoms with Gasteiger partial charge in [-0.1, -0.05) is 0 Å². The van der Waals surface area contributed by atoms with Gasteiger partial charge in [0.25, 0.3) is 5.91 Å². The highest BCUT2D eigenvalue weighted by molar-refractivity contribution is 7.89. The van der Waals surface area contributed by atoms with Crippen LogP contribution in [0, 0.1) is 0 Å². The Morgan fingerprint density at radius 1 is 1.04 bits per heavy atom. The number of benzene rings is 1. The van der Waals surface area contributed by atoms with Crippen LogP contribution < -0.4 is 10.6 Å². The van der Waals surface area contributed by atoms with Crippen molar-refractivity contribution in [1.29, 1.82) is 0 Å². The van der Waals surface area contributed by atoms with Gasteiger partial charge in [0.2, 0.25) is 10.0 Å². The number of rotatable bonds is 4. The Morgan fingerprint density at radius 2 is 1.56 bits per heavy atom. The topological polar surface area (TPSA) is 78.5 Å². The standard InChI is InChI=1S/C20H31N3O3S/c1-19(2)13-16(14-20(3,4)22-19)21-18(24)15-7-9-17(10-8-15)27(25,26)23-11-5-6-12-23/h7-10,16,22H,5-6,11-14H2,1-4H3,(H,21,24). The van der Waals surface area contributed by atoms with Gasteiger partial charge in [0.1, 0.15) is 0 Å². The van der Waals surface area contributed by atoms with E-state index in [0.717, 1.165) is 25.7 Å². The molecule has 1 amide bonds. The van der Waals surface area contributed by atoms with Crippen LogP contribution in [-0.2, 0) is 10.0 Å². The summed E-state index contributed by atoms with van der Waals surface area (Å²) in [5.41, 5.74) is 0.394. The van der Waals surface area contributed by atoms with Crippen molar-refractivity contribution in [3.8, 4) is 0 Å². The van der Waals surface area contributed by atoms with Crippen molar-refractivity contribution in [2.45, 2.75) is 75.4 Å². The fourth-order valence-electron chi connectivity index (χ4n) is 4.55. The molecule has 0 spiro atoms. The number of piperidine rings is 1. The third-order valence-corrected chi connectivity index (χ3v) is 7.26. The molecule has 2 aliphatic heterocycles. The van der Waals surface area contributed by atoms with Crippen LogP contribution in [0.3, 0.4) is 0 Å². The van der Waals surface area contributed by atoms with Crippen molar-refractivity contribution < 1.29 is 13.2 Å². The maximum absolute atomic E-state index is 12.7. The molecule has 6 nitrogen and oxygen atoms in total. The predicted octanol–water partition coefficient (Wildman–Crippen LogP) is 2.51. The maximum Gasteiger partial charge on any atom is 0.251 e. The minimum absolute atomic E-state index is 0.0483. The summed E-state index contributed by atoms with van der Waals surface area (Å²) in [5, 5.41) is 6.72. The zero-order valence-corrected chi connectivity index (χ0v) is 17.5. The van der Waals surface area contributed by atoms with Crippen molar-refractivity contribution in [3.05, 3.63) is 29.8 Å². The Morgan fingerprint density at radius 3 is 2.07 bits per heavy atom. The number of hydrogen-bond donors (Lipinski definition) is 2. The second-order valence-corrected chi connectivity index (χ2v) is 11.0. The Kier molecular flexibility index (Phi) is 5.40. The Bertz CT molecular complexity index is 778. The van der Waals surface area contributed by atoms with E-state index in [2.05, 4.69) is 38.3 Å². The summed E-state index contributed by atoms with van der Waals surface area (Å²) < 4.78 is 26.7. The summed E-state index contributed by atoms with van der Waals surface area (Å²) in [7, 11) is -3.45. The molecule has 0 aliphatic carbocycles. The smallest absolute Gasteiger partial charge is 0.251 e. The van der Waals surface area contributed by atoms with E-state index in [0.29, 0.717) is 18.7 Å². The number of nitrogens with one attached hydrogen (secondary N) is 2. The average molecular weight is 394 g/mol. The highest BCUT2D eigenvalue weighted by atomic mass is 32.2. The number of sulfonamides is 1. The molecule has 2 fully saturated rings. The van der Waals surface area contributed by atoms with E-state index in [4.69, 9.17) is 0 Å². The molecule has 2 saturated heterocycles. The monoisotopic (exact) mass is 393 g/mol. The van der Waals surface area contributed by atoms with E-state index in [1.807, 2.05) is 0 Å². The van der Waals surface area contributed by atoms with Crippen LogP contribution in [0.15, 0.2) is 29.2 Å². The molecule has 2 aliphatic rings. The molecule has 0 bridgehead atoms. The van der Waals surface area contributed by atoms with Crippen LogP contribution in [0.5, 0.6) is 0 Å². The van der Waals surface area contributed by atoms with E-state index in [9.17, 15) is 13.2 Å². The number of carbonyl (C=O) groups is 1. The minimum atomic E-state index is -3.45. The molecule has 0 radical (unpaired) electrons. The van der Waals surface area contributed by atoms with Gasteiger partial charge in [0, 0.05) is 35.8 Å². The summed E-state index contributed by atoms with van der Waals surface area (Å²) in [5.74, 6) is -0.154. The predicted molar refractivity (Wildman–Crippen MR) is 106 cm³/mol. The van der Waals surface area contributed by atoms with E-state index < -0.39 is 10.0 Å². The van der Waals surface area contributed by atoms with Gasteiger partial charge in [-0.25, -0.2) is 8.42 Å². The van der Waals surface area contributed by atoms with Crippen LogP contribution in [-0.4, -0.2) is 48.8 Å². The quantitative estimate of drug-likeness (QED) is 0.824. The third kappa shape index (κ3) is 4.70. The highest BCUT2D eigenvalue weighted by Gasteiger charge is 2.38. The zero-order valence-electron chi connectivity index (χ0n) is 16.7. The number of nitrogens with zero attached hydrogens (tertiary/aromatic N) is 1. The molecule has 0 atom stereocenters. The second kappa shape index (κ2) is 7.18. The molecule has 2 N–H and O–H groups in total. The minimum Gasteiger partial charge on any atom is -0.349 e. The first-order valence-corrected chi connectivity index (χ1v) is 11.1. The SMILES string of the molecule is CC1(C)CC(NC(=O)c2ccc(S(=O)(=O)N3CCCC3)cc2)CC(C)(C)N1. The Hall–Kier alpha value is -1.44. The van der Waals surface area contributed by atoms with Crippen molar-refractivity contribution in [3.63, 3.8) is 0 Å². The van der Waals surface area contributed by atoms with Crippen LogP contribution in [0.2, 0.25) is 0 Å². The first-order chi connectivity index (χ1) is 12.5. The lowest BCUT2D eigenvalue weighted by Gasteiger charge is -2.46. The summed E-state index contributed by atoms with van der Waals surface area (Å²) >= 11 is 0. The largest absolute Gasteiger partial charge is 0.349 e. The Labute approximate surface area is 162 Å². The first kappa shape index (κ1) is 20.3. The lowest BCUT2D eigenvalue weighted by Crippen LogP contribution is -2.62. The lowest BCUT2D eigenvalue weighted by atomic mass is 9.79. The molecule has 1 aromatic carbocycles. The first-order valence-electron chi connectivity index (χ1n) is 9.69. The van der Waals surface area contributed by atoms with E-state index in [1.54, 1.807) is 24.3 Å². The molecule has 3 rings (SSSR count). The van der Waals surface area contributed by atoms with E-state index in [1.165, 1.54) is 4.31 Å². The molecular weight excluding hydrogens is 362 g/mol. The van der Waals surface area contributed by atoms with E-state index in [-0.39, 0.29) is 27.9 Å². The molecule has 0 unspecified atom stereocenters. The fraction of sp³-hybridized carbons (Fsp3) is 0.650. The van der Waals surface area contributed by atoms with Crippen LogP contribution >= 0.6 is 0 Å². The summed E-state index contributed by atoms with van der Waals surface area (Å²) in [6, 6.07) is 6.38. The van der Waals surface area contributed by atoms with Crippen molar-refractivity contribution in [2.75, 3.05) is 13.1 Å². The van der Waals surface area contributed by atoms with Gasteiger partial charge >= 0.3 is 0 Å². The lowest BCUT2D eigenvalue weighted by molar-refractivity contribution is 0.0873.